The molecule has 23 N–H and O–H groups in total. The maximum absolute atomic E-state index is 14.5. The van der Waals surface area contributed by atoms with E-state index < -0.39 is 156 Å². The molecule has 0 aromatic heterocycles. The number of amides is 11. The molecule has 0 radical (unpaired) electrons. The third kappa shape index (κ3) is 25.5. The average Bonchev–Trinajstić information content (AvgIpc) is 3.62. The molecular formula is C55H96N16O13. The van der Waals surface area contributed by atoms with E-state index >= 15 is 0 Å². The summed E-state index contributed by atoms with van der Waals surface area (Å²) >= 11 is 0. The largest absolute Gasteiger partial charge is 0.391 e. The van der Waals surface area contributed by atoms with Gasteiger partial charge in [-0.2, -0.15) is 0 Å². The van der Waals surface area contributed by atoms with Gasteiger partial charge in [0.05, 0.1) is 12.2 Å². The van der Waals surface area contributed by atoms with Gasteiger partial charge in [0.2, 0.25) is 65.0 Å². The number of carbonyl (C=O) groups is 11. The summed E-state index contributed by atoms with van der Waals surface area (Å²) < 4.78 is 0. The number of hydrogen-bond acceptors (Lipinski definition) is 18. The lowest BCUT2D eigenvalue weighted by molar-refractivity contribution is -0.137. The summed E-state index contributed by atoms with van der Waals surface area (Å²) in [5, 5.41) is 49.7. The van der Waals surface area contributed by atoms with Crippen molar-refractivity contribution in [2.75, 3.05) is 39.3 Å². The first-order chi connectivity index (χ1) is 40.0. The second kappa shape index (κ2) is 39.6. The first-order valence-electron chi connectivity index (χ1n) is 29.2. The Balaban J connectivity index is 2.69. The molecule has 0 bridgehead atoms. The first-order valence-corrected chi connectivity index (χ1v) is 29.2. The Morgan fingerprint density at radius 3 is 1.58 bits per heavy atom. The predicted molar refractivity (Wildman–Crippen MR) is 312 cm³/mol. The van der Waals surface area contributed by atoms with E-state index in [1.54, 1.807) is 44.2 Å². The van der Waals surface area contributed by atoms with Gasteiger partial charge in [-0.15, -0.1) is 0 Å². The Bertz CT molecular complexity index is 2280. The van der Waals surface area contributed by atoms with E-state index in [-0.39, 0.29) is 77.7 Å². The van der Waals surface area contributed by atoms with Crippen LogP contribution in [-0.4, -0.2) is 187 Å². The number of hydrogen-bond donors (Lipinski definition) is 18. The lowest BCUT2D eigenvalue weighted by Crippen LogP contribution is -2.62. The van der Waals surface area contributed by atoms with Crippen LogP contribution in [0.3, 0.4) is 0 Å². The van der Waals surface area contributed by atoms with E-state index in [4.69, 9.17) is 28.7 Å². The summed E-state index contributed by atoms with van der Waals surface area (Å²) in [6.45, 7) is 6.74. The van der Waals surface area contributed by atoms with E-state index in [1.807, 2.05) is 0 Å². The van der Waals surface area contributed by atoms with Crippen molar-refractivity contribution < 1.29 is 63.0 Å². The number of nitrogens with one attached hydrogen (secondary N) is 11. The molecule has 13 atom stereocenters. The lowest BCUT2D eigenvalue weighted by atomic mass is 9.96. The number of nitrogens with two attached hydrogens (primary N) is 5. The zero-order valence-electron chi connectivity index (χ0n) is 49.3. The van der Waals surface area contributed by atoms with Gasteiger partial charge in [0.25, 0.3) is 0 Å². The molecule has 1 saturated heterocycles. The van der Waals surface area contributed by atoms with Crippen molar-refractivity contribution in [3.8, 4) is 0 Å². The molecule has 1 aliphatic rings. The van der Waals surface area contributed by atoms with Gasteiger partial charge >= 0.3 is 0 Å². The summed E-state index contributed by atoms with van der Waals surface area (Å²) in [6.07, 6.45) is 0.327. The number of rotatable bonds is 29. The number of carbonyl (C=O) groups excluding carboxylic acids is 11. The second-order valence-corrected chi connectivity index (χ2v) is 21.1. The van der Waals surface area contributed by atoms with E-state index in [9.17, 15) is 63.0 Å². The van der Waals surface area contributed by atoms with Gasteiger partial charge in [-0.05, 0) is 103 Å². The zero-order valence-corrected chi connectivity index (χ0v) is 49.3. The van der Waals surface area contributed by atoms with Gasteiger partial charge in [0.1, 0.15) is 60.4 Å². The zero-order chi connectivity index (χ0) is 62.9. The van der Waals surface area contributed by atoms with Crippen molar-refractivity contribution >= 4 is 65.0 Å². The van der Waals surface area contributed by atoms with Crippen molar-refractivity contribution in [1.29, 1.82) is 0 Å². The van der Waals surface area contributed by atoms with Crippen LogP contribution in [-0.2, 0) is 59.2 Å². The fourth-order valence-corrected chi connectivity index (χ4v) is 9.00. The fraction of sp³-hybridized carbons (Fsp3) is 0.691. The van der Waals surface area contributed by atoms with Crippen LogP contribution >= 0.6 is 0 Å². The minimum absolute atomic E-state index is 0.0144. The van der Waals surface area contributed by atoms with Crippen LogP contribution in [0.1, 0.15) is 124 Å². The first kappa shape index (κ1) is 73.2. The van der Waals surface area contributed by atoms with E-state index in [0.717, 1.165) is 25.7 Å². The van der Waals surface area contributed by atoms with Gasteiger partial charge in [0.15, 0.2) is 0 Å². The lowest BCUT2D eigenvalue weighted by Gasteiger charge is -2.30. The maximum atomic E-state index is 14.5. The van der Waals surface area contributed by atoms with Crippen molar-refractivity contribution in [3.63, 3.8) is 0 Å². The molecule has 3 unspecified atom stereocenters. The predicted octanol–water partition coefficient (Wildman–Crippen LogP) is -5.49. The van der Waals surface area contributed by atoms with E-state index in [2.05, 4.69) is 65.4 Å². The summed E-state index contributed by atoms with van der Waals surface area (Å²) in [6, 6.07) is -6.23. The van der Waals surface area contributed by atoms with Crippen molar-refractivity contribution in [3.05, 3.63) is 35.9 Å². The van der Waals surface area contributed by atoms with Gasteiger partial charge < -0.3 is 97.4 Å². The number of aliphatic hydroxyl groups is 2. The molecule has 2 rings (SSSR count). The molecule has 0 aliphatic carbocycles. The van der Waals surface area contributed by atoms with Crippen LogP contribution in [0.2, 0.25) is 0 Å². The van der Waals surface area contributed by atoms with Gasteiger partial charge in [-0.1, -0.05) is 83.2 Å². The van der Waals surface area contributed by atoms with Crippen LogP contribution in [0.4, 0.5) is 0 Å². The van der Waals surface area contributed by atoms with Crippen LogP contribution in [0.15, 0.2) is 30.3 Å². The molecule has 29 heteroatoms. The monoisotopic (exact) mass is 1190 g/mol. The molecular weight excluding hydrogens is 1090 g/mol. The SMILES string of the molecule is CCCCCCCC(=O)N[C@@H](CCN)C(=O)N[C@H](C(=O)N[C@@H](CCN)C(=O)N[C@H]1CCNC(=O)[C@H](C(C)O)NC(=O)[C@H](CCN)NC(=O)[C@H](CCN)NC(=O)[C@H](C(C)CC)NC(=O)[C@@H](Cc2ccccc2)NC(=O)[C@H](CCN)NC1=O)C(C)O. The Labute approximate surface area is 491 Å². The molecule has 474 valence electrons. The third-order valence-electron chi connectivity index (χ3n) is 14.2. The highest BCUT2D eigenvalue weighted by atomic mass is 16.3. The van der Waals surface area contributed by atoms with Crippen LogP contribution in [0.25, 0.3) is 0 Å². The maximum Gasteiger partial charge on any atom is 0.245 e. The molecule has 29 nitrogen and oxygen atoms in total. The van der Waals surface area contributed by atoms with E-state index in [0.29, 0.717) is 18.4 Å². The number of aliphatic hydroxyl groups excluding tert-OH is 2. The summed E-state index contributed by atoms with van der Waals surface area (Å²) in [5.74, 6) is -10.3. The quantitative estimate of drug-likeness (QED) is 0.0333. The number of benzene rings is 1. The molecule has 1 aromatic carbocycles. The fourth-order valence-electron chi connectivity index (χ4n) is 9.00. The Morgan fingerprint density at radius 1 is 0.560 bits per heavy atom. The average molecular weight is 1190 g/mol. The molecule has 1 heterocycles. The Morgan fingerprint density at radius 2 is 1.06 bits per heavy atom. The minimum Gasteiger partial charge on any atom is -0.391 e. The van der Waals surface area contributed by atoms with Gasteiger partial charge in [-0.3, -0.25) is 52.7 Å². The smallest absolute Gasteiger partial charge is 0.245 e. The highest BCUT2D eigenvalue weighted by Gasteiger charge is 2.38. The summed E-state index contributed by atoms with van der Waals surface area (Å²) in [4.78, 5) is 154. The normalized spacial score (nSPS) is 23.0. The summed E-state index contributed by atoms with van der Waals surface area (Å²) in [5.41, 5.74) is 29.9. The summed E-state index contributed by atoms with van der Waals surface area (Å²) in [7, 11) is 0. The minimum atomic E-state index is -1.70. The van der Waals surface area contributed by atoms with Gasteiger partial charge in [0, 0.05) is 19.4 Å². The topological polar surface area (TPSA) is 491 Å². The van der Waals surface area contributed by atoms with Crippen LogP contribution in [0, 0.1) is 5.92 Å². The Hall–Kier alpha value is -6.89. The molecule has 0 spiro atoms. The van der Waals surface area contributed by atoms with Crippen molar-refractivity contribution in [2.24, 2.45) is 34.6 Å². The van der Waals surface area contributed by atoms with Crippen LogP contribution in [0.5, 0.6) is 0 Å². The molecule has 84 heavy (non-hydrogen) atoms. The highest BCUT2D eigenvalue weighted by molar-refractivity contribution is 5.99. The van der Waals surface area contributed by atoms with E-state index in [1.165, 1.54) is 13.8 Å². The standard InChI is InChI=1S/C55H96N16O13/c1-6-8-9-10-14-17-42(74)62-35(18-24-56)50(79)71-45(33(5)73)55(84)67-38(21-27-59)47(76)65-40-23-29-61-53(82)44(32(4)72)70-51(80)39(22-28-60)64-46(75)37(20-26-58)66-54(83)43(31(3)7-2)69-52(81)41(30-34-15-12-11-13-16-34)68-48(77)36(19-25-57)63-49(40)78/h11-13,15-16,31-33,35-41,43-45,72-73H,6-10,14,17-30,56-60H2,1-5H3,(H,61,82)(H,62,74)(H,63,78)(H,64,75)(H,65,76)(H,66,83)(H,67,84)(H,68,77)(H,69,81)(H,70,80)(H,71,79)/t31?,32?,33?,35-,36-,37-,38-,39-,40-,41+,43-,44-,45-/m0/s1. The third-order valence-corrected chi connectivity index (χ3v) is 14.2. The van der Waals surface area contributed by atoms with Crippen molar-refractivity contribution in [1.82, 2.24) is 58.5 Å². The number of unbranched alkanes of at least 4 members (excludes halogenated alkanes) is 4. The van der Waals surface area contributed by atoms with Crippen LogP contribution < -0.4 is 87.2 Å². The molecule has 1 fully saturated rings. The Kier molecular flexibility index (Phi) is 34.5. The molecule has 0 saturated carbocycles. The molecule has 1 aromatic rings. The second-order valence-electron chi connectivity index (χ2n) is 21.1. The molecule has 1 aliphatic heterocycles. The van der Waals surface area contributed by atoms with Gasteiger partial charge in [-0.25, -0.2) is 0 Å². The molecule has 11 amide bonds. The van der Waals surface area contributed by atoms with Crippen molar-refractivity contribution in [2.45, 2.75) is 197 Å². The highest BCUT2D eigenvalue weighted by Crippen LogP contribution is 2.13.